The van der Waals surface area contributed by atoms with Crippen molar-refractivity contribution in [2.75, 3.05) is 11.9 Å². The number of rotatable bonds is 7. The normalized spacial score (nSPS) is 11.4. The minimum atomic E-state index is -0.276. The van der Waals surface area contributed by atoms with Gasteiger partial charge >= 0.3 is 0 Å². The Hall–Kier alpha value is -3.36. The SMILES string of the molecule is CCN(Cc1cccc(F)c1)Cc1nc2sc(C(=O)Nc3ccc(C)cc3C)c(C)c2c(=O)[nH]1. The molecule has 34 heavy (non-hydrogen) atoms. The van der Waals surface area contributed by atoms with Crippen molar-refractivity contribution in [1.29, 1.82) is 0 Å². The summed E-state index contributed by atoms with van der Waals surface area (Å²) in [6.45, 7) is 9.35. The highest BCUT2D eigenvalue weighted by molar-refractivity contribution is 7.20. The third-order valence-electron chi connectivity index (χ3n) is 5.80. The van der Waals surface area contributed by atoms with Crippen LogP contribution >= 0.6 is 11.3 Å². The summed E-state index contributed by atoms with van der Waals surface area (Å²) in [5.41, 5.74) is 4.04. The number of nitrogens with one attached hydrogen (secondary N) is 2. The molecule has 0 bridgehead atoms. The van der Waals surface area contributed by atoms with Crippen molar-refractivity contribution in [2.45, 2.75) is 40.8 Å². The number of amides is 1. The predicted octanol–water partition coefficient (Wildman–Crippen LogP) is 5.32. The van der Waals surface area contributed by atoms with Crippen LogP contribution in [0, 0.1) is 26.6 Å². The summed E-state index contributed by atoms with van der Waals surface area (Å²) < 4.78 is 13.5. The fourth-order valence-electron chi connectivity index (χ4n) is 4.00. The first-order valence-electron chi connectivity index (χ1n) is 11.1. The van der Waals surface area contributed by atoms with Gasteiger partial charge in [0.05, 0.1) is 16.8 Å². The van der Waals surface area contributed by atoms with Crippen LogP contribution in [0.2, 0.25) is 0 Å². The van der Waals surface area contributed by atoms with Crippen LogP contribution in [-0.4, -0.2) is 27.3 Å². The highest BCUT2D eigenvalue weighted by Crippen LogP contribution is 2.28. The number of hydrogen-bond donors (Lipinski definition) is 2. The van der Waals surface area contributed by atoms with Gasteiger partial charge in [0.15, 0.2) is 0 Å². The molecule has 0 spiro atoms. The Morgan fingerprint density at radius 1 is 1.15 bits per heavy atom. The Morgan fingerprint density at radius 2 is 1.94 bits per heavy atom. The number of fused-ring (bicyclic) bond motifs is 1. The number of nitrogens with zero attached hydrogens (tertiary/aromatic N) is 2. The summed E-state index contributed by atoms with van der Waals surface area (Å²) >= 11 is 1.22. The van der Waals surface area contributed by atoms with Crippen LogP contribution in [-0.2, 0) is 13.1 Å². The number of anilines is 1. The van der Waals surface area contributed by atoms with Crippen molar-refractivity contribution in [3.05, 3.63) is 91.6 Å². The van der Waals surface area contributed by atoms with Gasteiger partial charge in [0, 0.05) is 12.2 Å². The van der Waals surface area contributed by atoms with Crippen molar-refractivity contribution in [3.8, 4) is 0 Å². The minimum Gasteiger partial charge on any atom is -0.321 e. The van der Waals surface area contributed by atoms with Crippen molar-refractivity contribution in [2.24, 2.45) is 0 Å². The van der Waals surface area contributed by atoms with Crippen molar-refractivity contribution < 1.29 is 9.18 Å². The average Bonchev–Trinajstić information content (AvgIpc) is 3.12. The van der Waals surface area contributed by atoms with Gasteiger partial charge in [-0.2, -0.15) is 0 Å². The number of hydrogen-bond acceptors (Lipinski definition) is 5. The highest BCUT2D eigenvalue weighted by Gasteiger charge is 2.20. The first kappa shape index (κ1) is 23.8. The molecule has 0 saturated heterocycles. The van der Waals surface area contributed by atoms with Crippen LogP contribution < -0.4 is 10.9 Å². The van der Waals surface area contributed by atoms with E-state index in [9.17, 15) is 14.0 Å². The van der Waals surface area contributed by atoms with Gasteiger partial charge in [0.25, 0.3) is 11.5 Å². The molecule has 0 aliphatic rings. The van der Waals surface area contributed by atoms with E-state index in [2.05, 4.69) is 20.2 Å². The van der Waals surface area contributed by atoms with Gasteiger partial charge in [0.1, 0.15) is 16.5 Å². The van der Waals surface area contributed by atoms with Crippen LogP contribution in [0.1, 0.15) is 44.7 Å². The fourth-order valence-corrected chi connectivity index (χ4v) is 5.09. The molecule has 6 nitrogen and oxygen atoms in total. The van der Waals surface area contributed by atoms with Gasteiger partial charge in [-0.3, -0.25) is 14.5 Å². The molecule has 0 aliphatic carbocycles. The molecular formula is C26H27FN4O2S. The van der Waals surface area contributed by atoms with E-state index in [1.807, 2.05) is 45.0 Å². The van der Waals surface area contributed by atoms with Crippen molar-refractivity contribution in [1.82, 2.24) is 14.9 Å². The number of H-pyrrole nitrogens is 1. The Morgan fingerprint density at radius 3 is 2.65 bits per heavy atom. The maximum atomic E-state index is 13.5. The maximum absolute atomic E-state index is 13.5. The third-order valence-corrected chi connectivity index (χ3v) is 6.99. The number of carbonyl (C=O) groups excluding carboxylic acids is 1. The number of benzene rings is 2. The van der Waals surface area contributed by atoms with Crippen LogP contribution in [0.4, 0.5) is 10.1 Å². The zero-order valence-electron chi connectivity index (χ0n) is 19.7. The van der Waals surface area contributed by atoms with E-state index in [1.54, 1.807) is 13.0 Å². The van der Waals surface area contributed by atoms with Gasteiger partial charge in [0.2, 0.25) is 0 Å². The van der Waals surface area contributed by atoms with E-state index in [4.69, 9.17) is 0 Å². The van der Waals surface area contributed by atoms with E-state index in [0.29, 0.717) is 46.1 Å². The van der Waals surface area contributed by atoms with Gasteiger partial charge in [-0.05, 0) is 62.2 Å². The molecule has 2 aromatic heterocycles. The standard InChI is InChI=1S/C26H27FN4O2S/c1-5-31(13-18-7-6-8-19(27)12-18)14-21-29-24(32)22-17(4)23(34-26(22)30-21)25(33)28-20-10-9-15(2)11-16(20)3/h6-12H,5,13-14H2,1-4H3,(H,28,33)(H,29,30,32). The van der Waals surface area contributed by atoms with E-state index < -0.39 is 0 Å². The first-order valence-corrected chi connectivity index (χ1v) is 11.9. The van der Waals surface area contributed by atoms with E-state index in [-0.39, 0.29) is 17.3 Å². The second kappa shape index (κ2) is 9.87. The fraction of sp³-hybridized carbons (Fsp3) is 0.269. The summed E-state index contributed by atoms with van der Waals surface area (Å²) in [6.07, 6.45) is 0. The van der Waals surface area contributed by atoms with Crippen LogP contribution in [0.15, 0.2) is 47.3 Å². The van der Waals surface area contributed by atoms with Gasteiger partial charge in [-0.15, -0.1) is 11.3 Å². The topological polar surface area (TPSA) is 78.1 Å². The van der Waals surface area contributed by atoms with Crippen molar-refractivity contribution in [3.63, 3.8) is 0 Å². The molecule has 2 heterocycles. The second-order valence-electron chi connectivity index (χ2n) is 8.45. The number of aromatic nitrogens is 2. The monoisotopic (exact) mass is 478 g/mol. The molecule has 4 rings (SSSR count). The molecule has 0 unspecified atom stereocenters. The molecule has 4 aromatic rings. The number of aromatic amines is 1. The molecule has 2 N–H and O–H groups in total. The Kier molecular flexibility index (Phi) is 6.90. The zero-order chi connectivity index (χ0) is 24.4. The zero-order valence-corrected chi connectivity index (χ0v) is 20.5. The second-order valence-corrected chi connectivity index (χ2v) is 9.45. The van der Waals surface area contributed by atoms with Crippen molar-refractivity contribution >= 4 is 33.1 Å². The van der Waals surface area contributed by atoms with Gasteiger partial charge < -0.3 is 10.3 Å². The summed E-state index contributed by atoms with van der Waals surface area (Å²) in [6, 6.07) is 12.3. The van der Waals surface area contributed by atoms with E-state index in [1.165, 1.54) is 23.5 Å². The van der Waals surface area contributed by atoms with Gasteiger partial charge in [-0.1, -0.05) is 36.8 Å². The molecule has 2 aromatic carbocycles. The average molecular weight is 479 g/mol. The lowest BCUT2D eigenvalue weighted by molar-refractivity contribution is 0.103. The first-order chi connectivity index (χ1) is 16.2. The molecule has 0 saturated carbocycles. The summed E-state index contributed by atoms with van der Waals surface area (Å²) in [4.78, 5) is 36.5. The van der Waals surface area contributed by atoms with Crippen LogP contribution in [0.5, 0.6) is 0 Å². The molecule has 0 radical (unpaired) electrons. The lowest BCUT2D eigenvalue weighted by atomic mass is 10.1. The Bertz CT molecular complexity index is 1430. The number of thiophene rings is 1. The summed E-state index contributed by atoms with van der Waals surface area (Å²) in [5, 5.41) is 3.39. The summed E-state index contributed by atoms with van der Waals surface area (Å²) in [7, 11) is 0. The number of aryl methyl sites for hydroxylation is 3. The van der Waals surface area contributed by atoms with E-state index >= 15 is 0 Å². The molecule has 1 amide bonds. The largest absolute Gasteiger partial charge is 0.321 e. The van der Waals surface area contributed by atoms with E-state index in [0.717, 1.165) is 22.4 Å². The molecular weight excluding hydrogens is 451 g/mol. The minimum absolute atomic E-state index is 0.255. The smallest absolute Gasteiger partial charge is 0.266 e. The quantitative estimate of drug-likeness (QED) is 0.377. The maximum Gasteiger partial charge on any atom is 0.266 e. The molecule has 8 heteroatoms. The predicted molar refractivity (Wildman–Crippen MR) is 135 cm³/mol. The number of halogens is 1. The highest BCUT2D eigenvalue weighted by atomic mass is 32.1. The Balaban J connectivity index is 1.59. The molecule has 0 fully saturated rings. The molecule has 0 aliphatic heterocycles. The third kappa shape index (κ3) is 5.08. The molecule has 176 valence electrons. The number of carbonyl (C=O) groups is 1. The lowest BCUT2D eigenvalue weighted by Crippen LogP contribution is -2.25. The van der Waals surface area contributed by atoms with Gasteiger partial charge in [-0.25, -0.2) is 9.37 Å². The lowest BCUT2D eigenvalue weighted by Gasteiger charge is -2.19. The van der Waals surface area contributed by atoms with Crippen LogP contribution in [0.25, 0.3) is 10.2 Å². The summed E-state index contributed by atoms with van der Waals surface area (Å²) in [5.74, 6) is -0.0183. The van der Waals surface area contributed by atoms with Crippen LogP contribution in [0.3, 0.4) is 0 Å². The molecule has 0 atom stereocenters. The Labute approximate surface area is 201 Å².